The topological polar surface area (TPSA) is 16.4 Å². The first-order valence-corrected chi connectivity index (χ1v) is 13.9. The molecule has 7 aromatic carbocycles. The smallest absolute Gasteiger partial charge is 0.135 e. The normalized spacial score (nSPS) is 13.0. The van der Waals surface area contributed by atoms with Gasteiger partial charge in [-0.3, -0.25) is 0 Å². The van der Waals surface area contributed by atoms with Gasteiger partial charge in [0, 0.05) is 27.8 Å². The molecule has 0 unspecified atom stereocenters. The third-order valence-corrected chi connectivity index (χ3v) is 7.72. The first-order valence-electron chi connectivity index (χ1n) is 16.4. The highest BCUT2D eigenvalue weighted by atomic mass is 16.3. The zero-order chi connectivity index (χ0) is 32.2. The number of hydrogen-bond acceptors (Lipinski definition) is 2. The molecule has 42 heavy (non-hydrogen) atoms. The van der Waals surface area contributed by atoms with Crippen LogP contribution in [0, 0.1) is 0 Å². The van der Waals surface area contributed by atoms with Gasteiger partial charge in [-0.25, -0.2) is 0 Å². The van der Waals surface area contributed by atoms with Crippen LogP contribution in [0.5, 0.6) is 0 Å². The molecule has 2 nitrogen and oxygen atoms in total. The van der Waals surface area contributed by atoms with Gasteiger partial charge < -0.3 is 9.32 Å². The molecule has 8 rings (SSSR count). The Labute approximate surface area is 251 Å². The maximum absolute atomic E-state index is 8.68. The summed E-state index contributed by atoms with van der Waals surface area (Å²) in [6.07, 6.45) is 0. The summed E-state index contributed by atoms with van der Waals surface area (Å²) in [5.74, 6) is 0. The van der Waals surface area contributed by atoms with Gasteiger partial charge in [-0.15, -0.1) is 0 Å². The molecule has 198 valence electrons. The van der Waals surface area contributed by atoms with Crippen LogP contribution in [0.2, 0.25) is 0 Å². The van der Waals surface area contributed by atoms with Gasteiger partial charge in [0.1, 0.15) is 11.2 Å². The van der Waals surface area contributed by atoms with Gasteiger partial charge in [-0.2, -0.15) is 0 Å². The number of furan rings is 1. The van der Waals surface area contributed by atoms with E-state index in [0.717, 1.165) is 55.0 Å². The van der Waals surface area contributed by atoms with Crippen molar-refractivity contribution in [2.24, 2.45) is 0 Å². The van der Waals surface area contributed by atoms with E-state index < -0.39 is 6.04 Å². The van der Waals surface area contributed by atoms with Crippen LogP contribution < -0.4 is 4.90 Å². The summed E-state index contributed by atoms with van der Waals surface area (Å²) in [6.45, 7) is 0. The van der Waals surface area contributed by atoms with Crippen molar-refractivity contribution in [3.05, 3.63) is 164 Å². The first kappa shape index (κ1) is 19.5. The summed E-state index contributed by atoms with van der Waals surface area (Å²) in [5, 5.41) is 4.11. The standard InChI is InChI=1S/C40H27NO/c1-4-10-28(11-5-1)32-19-22-39-37(26-32)38-27-33(20-23-40(38)42-39)29-16-17-31-25-36(21-18-30(31)24-29)41(34-12-6-2-7-13-34)35-14-8-3-9-15-35/h1-27H/i2D,6D,7D,12D,13D. The van der Waals surface area contributed by atoms with E-state index in [2.05, 4.69) is 54.6 Å². The van der Waals surface area contributed by atoms with Crippen molar-refractivity contribution in [3.8, 4) is 22.3 Å². The van der Waals surface area contributed by atoms with Gasteiger partial charge in [0.15, 0.2) is 0 Å². The van der Waals surface area contributed by atoms with Crippen molar-refractivity contribution in [3.63, 3.8) is 0 Å². The largest absolute Gasteiger partial charge is 0.456 e. The van der Waals surface area contributed by atoms with Crippen molar-refractivity contribution in [1.82, 2.24) is 0 Å². The lowest BCUT2D eigenvalue weighted by Gasteiger charge is -2.25. The van der Waals surface area contributed by atoms with Gasteiger partial charge in [0.25, 0.3) is 0 Å². The van der Waals surface area contributed by atoms with Crippen molar-refractivity contribution in [2.75, 3.05) is 4.90 Å². The van der Waals surface area contributed by atoms with Crippen molar-refractivity contribution >= 4 is 49.8 Å². The molecule has 0 amide bonds. The highest BCUT2D eigenvalue weighted by molar-refractivity contribution is 6.08. The number of benzene rings is 7. The summed E-state index contributed by atoms with van der Waals surface area (Å²) >= 11 is 0. The molecule has 2 heteroatoms. The number of anilines is 3. The molecular formula is C40H27NO. The van der Waals surface area contributed by atoms with E-state index in [1.165, 1.54) is 0 Å². The van der Waals surface area contributed by atoms with Crippen LogP contribution in [0.1, 0.15) is 6.85 Å². The van der Waals surface area contributed by atoms with Crippen molar-refractivity contribution in [1.29, 1.82) is 0 Å². The monoisotopic (exact) mass is 542 g/mol. The quantitative estimate of drug-likeness (QED) is 0.215. The SMILES string of the molecule is [2H]c1c([2H])c([2H])c(N(c2ccccc2)c2ccc3cc(-c4ccc5oc6ccc(-c7ccccc7)cc6c5c4)ccc3c2)c([2H])c1[2H]. The summed E-state index contributed by atoms with van der Waals surface area (Å²) < 4.78 is 48.2. The van der Waals surface area contributed by atoms with E-state index in [1.807, 2.05) is 78.9 Å². The second-order valence-electron chi connectivity index (χ2n) is 10.3. The molecule has 0 atom stereocenters. The average Bonchev–Trinajstić information content (AvgIpc) is 3.49. The highest BCUT2D eigenvalue weighted by Crippen LogP contribution is 2.38. The zero-order valence-electron chi connectivity index (χ0n) is 27.6. The van der Waals surface area contributed by atoms with E-state index in [4.69, 9.17) is 11.3 Å². The molecular weight excluding hydrogens is 510 g/mol. The molecule has 0 aliphatic rings. The predicted molar refractivity (Wildman–Crippen MR) is 177 cm³/mol. The average molecular weight is 543 g/mol. The Balaban J connectivity index is 1.22. The predicted octanol–water partition coefficient (Wildman–Crippen LogP) is 11.5. The van der Waals surface area contributed by atoms with E-state index in [1.54, 1.807) is 4.90 Å². The van der Waals surface area contributed by atoms with Crippen LogP contribution >= 0.6 is 0 Å². The molecule has 8 aromatic rings. The van der Waals surface area contributed by atoms with Crippen molar-refractivity contribution < 1.29 is 11.3 Å². The van der Waals surface area contributed by atoms with Crippen LogP contribution in [0.3, 0.4) is 0 Å². The Hall–Kier alpha value is -5.60. The maximum Gasteiger partial charge on any atom is 0.135 e. The molecule has 0 saturated heterocycles. The number of rotatable bonds is 5. The number of nitrogens with zero attached hydrogens (tertiary/aromatic N) is 1. The minimum Gasteiger partial charge on any atom is -0.456 e. The lowest BCUT2D eigenvalue weighted by Crippen LogP contribution is -2.09. The number of fused-ring (bicyclic) bond motifs is 4. The van der Waals surface area contributed by atoms with Crippen LogP contribution in [-0.2, 0) is 0 Å². The minimum absolute atomic E-state index is 0.106. The molecule has 0 aliphatic carbocycles. The Morgan fingerprint density at radius 3 is 1.71 bits per heavy atom. The highest BCUT2D eigenvalue weighted by Gasteiger charge is 2.14. The fourth-order valence-corrected chi connectivity index (χ4v) is 5.66. The Bertz CT molecular complexity index is 2450. The fraction of sp³-hybridized carbons (Fsp3) is 0. The van der Waals surface area contributed by atoms with E-state index >= 15 is 0 Å². The maximum atomic E-state index is 8.68. The molecule has 0 fully saturated rings. The minimum atomic E-state index is -0.416. The third-order valence-electron chi connectivity index (χ3n) is 7.72. The van der Waals surface area contributed by atoms with Crippen molar-refractivity contribution in [2.45, 2.75) is 0 Å². The first-order chi connectivity index (χ1) is 22.9. The molecule has 0 radical (unpaired) electrons. The fourth-order valence-electron chi connectivity index (χ4n) is 5.66. The summed E-state index contributed by atoms with van der Waals surface area (Å²) in [5.41, 5.74) is 7.61. The Kier molecular flexibility index (Phi) is 4.68. The van der Waals surface area contributed by atoms with E-state index in [9.17, 15) is 0 Å². The molecule has 0 spiro atoms. The third kappa shape index (κ3) is 4.31. The van der Waals surface area contributed by atoms with Gasteiger partial charge in [0.05, 0.1) is 6.85 Å². The lowest BCUT2D eigenvalue weighted by atomic mass is 9.98. The number of hydrogen-bond donors (Lipinski definition) is 0. The molecule has 0 N–H and O–H groups in total. The molecule has 0 saturated carbocycles. The zero-order valence-corrected chi connectivity index (χ0v) is 22.6. The van der Waals surface area contributed by atoms with E-state index in [0.29, 0.717) is 11.4 Å². The van der Waals surface area contributed by atoms with Gasteiger partial charge in [-0.1, -0.05) is 97.0 Å². The molecule has 1 heterocycles. The summed E-state index contributed by atoms with van der Waals surface area (Å²) in [6, 6.07) is 42.8. The second kappa shape index (κ2) is 10.1. The molecule has 1 aromatic heterocycles. The van der Waals surface area contributed by atoms with Crippen LogP contribution in [0.15, 0.2) is 168 Å². The molecule has 0 bridgehead atoms. The van der Waals surface area contributed by atoms with Crippen LogP contribution in [0.4, 0.5) is 17.1 Å². The van der Waals surface area contributed by atoms with Crippen LogP contribution in [-0.4, -0.2) is 0 Å². The second-order valence-corrected chi connectivity index (χ2v) is 10.3. The van der Waals surface area contributed by atoms with Crippen LogP contribution in [0.25, 0.3) is 55.0 Å². The van der Waals surface area contributed by atoms with Gasteiger partial charge in [0.2, 0.25) is 0 Å². The van der Waals surface area contributed by atoms with E-state index in [-0.39, 0.29) is 29.9 Å². The number of para-hydroxylation sites is 2. The Morgan fingerprint density at radius 2 is 1.00 bits per heavy atom. The Morgan fingerprint density at radius 1 is 0.429 bits per heavy atom. The summed E-state index contributed by atoms with van der Waals surface area (Å²) in [7, 11) is 0. The van der Waals surface area contributed by atoms with Gasteiger partial charge >= 0.3 is 0 Å². The molecule has 0 aliphatic heterocycles. The summed E-state index contributed by atoms with van der Waals surface area (Å²) in [4.78, 5) is 1.73. The van der Waals surface area contributed by atoms with Gasteiger partial charge in [-0.05, 0) is 99.7 Å². The lowest BCUT2D eigenvalue weighted by molar-refractivity contribution is 0.669.